The van der Waals surface area contributed by atoms with Crippen LogP contribution < -0.4 is 5.32 Å². The maximum Gasteiger partial charge on any atom is 0.220 e. The fraction of sp³-hybridized carbons (Fsp3) is 0.300. The van der Waals surface area contributed by atoms with Crippen molar-refractivity contribution in [1.29, 1.82) is 0 Å². The summed E-state index contributed by atoms with van der Waals surface area (Å²) in [4.78, 5) is 16.8. The van der Waals surface area contributed by atoms with E-state index < -0.39 is 0 Å². The van der Waals surface area contributed by atoms with Crippen molar-refractivity contribution in [2.75, 3.05) is 0 Å². The Morgan fingerprint density at radius 1 is 1.17 bits per heavy atom. The molecule has 0 aliphatic heterocycles. The maximum atomic E-state index is 12.2. The third-order valence-corrected chi connectivity index (χ3v) is 5.26. The number of hydrogen-bond donors (Lipinski definition) is 1. The molecule has 3 nitrogen and oxygen atoms in total. The number of fused-ring (bicyclic) bond motifs is 1. The maximum absolute atomic E-state index is 12.2. The van der Waals surface area contributed by atoms with E-state index in [0.29, 0.717) is 6.42 Å². The van der Waals surface area contributed by atoms with Crippen LogP contribution in [0.4, 0.5) is 0 Å². The number of benzene rings is 2. The molecule has 0 fully saturated rings. The Morgan fingerprint density at radius 2 is 1.92 bits per heavy atom. The first-order valence-corrected chi connectivity index (χ1v) is 9.14. The number of carbonyl (C=O) groups excluding carboxylic acids is 1. The van der Waals surface area contributed by atoms with E-state index in [4.69, 9.17) is 0 Å². The monoisotopic (exact) mass is 338 g/mol. The zero-order valence-corrected chi connectivity index (χ0v) is 14.9. The lowest BCUT2D eigenvalue weighted by Crippen LogP contribution is -2.26. The van der Waals surface area contributed by atoms with Gasteiger partial charge in [0.2, 0.25) is 5.91 Å². The van der Waals surface area contributed by atoms with E-state index in [2.05, 4.69) is 35.4 Å². The van der Waals surface area contributed by atoms with Crippen molar-refractivity contribution >= 4 is 27.5 Å². The highest BCUT2D eigenvalue weighted by atomic mass is 32.1. The molecule has 3 aromatic rings. The van der Waals surface area contributed by atoms with E-state index in [1.54, 1.807) is 11.3 Å². The first-order chi connectivity index (χ1) is 11.6. The summed E-state index contributed by atoms with van der Waals surface area (Å²) in [5, 5.41) is 4.20. The van der Waals surface area contributed by atoms with E-state index in [1.165, 1.54) is 15.8 Å². The smallest absolute Gasteiger partial charge is 0.220 e. The Hall–Kier alpha value is -2.20. The minimum absolute atomic E-state index is 0.0427. The predicted octanol–water partition coefficient (Wildman–Crippen LogP) is 4.80. The molecule has 1 amide bonds. The number of aryl methyl sites for hydroxylation is 2. The molecule has 124 valence electrons. The highest BCUT2D eigenvalue weighted by molar-refractivity contribution is 7.18. The number of carbonyl (C=O) groups is 1. The molecule has 1 atom stereocenters. The average molecular weight is 338 g/mol. The summed E-state index contributed by atoms with van der Waals surface area (Å²) in [6, 6.07) is 16.4. The molecule has 1 heterocycles. The molecule has 24 heavy (non-hydrogen) atoms. The molecule has 2 aromatic carbocycles. The van der Waals surface area contributed by atoms with Gasteiger partial charge in [-0.15, -0.1) is 11.3 Å². The molecule has 0 aliphatic rings. The quantitative estimate of drug-likeness (QED) is 0.701. The second-order valence-electron chi connectivity index (χ2n) is 6.07. The number of aromatic nitrogens is 1. The van der Waals surface area contributed by atoms with E-state index >= 15 is 0 Å². The standard InChI is InChI=1S/C20H22N2OS/c1-14-8-3-4-9-16(14)15(2)21-19(23)12-7-13-20-22-17-10-5-6-11-18(17)24-20/h3-6,8-11,15H,7,12-13H2,1-2H3,(H,21,23). The summed E-state index contributed by atoms with van der Waals surface area (Å²) >= 11 is 1.72. The minimum Gasteiger partial charge on any atom is -0.350 e. The van der Waals surface area contributed by atoms with Gasteiger partial charge in [0.1, 0.15) is 0 Å². The first-order valence-electron chi connectivity index (χ1n) is 8.33. The first kappa shape index (κ1) is 16.7. The van der Waals surface area contributed by atoms with Gasteiger partial charge in [-0.1, -0.05) is 36.4 Å². The lowest BCUT2D eigenvalue weighted by molar-refractivity contribution is -0.121. The Morgan fingerprint density at radius 3 is 2.71 bits per heavy atom. The summed E-state index contributed by atoms with van der Waals surface area (Å²) in [6.07, 6.45) is 2.21. The van der Waals surface area contributed by atoms with Gasteiger partial charge >= 0.3 is 0 Å². The second kappa shape index (κ2) is 7.58. The zero-order valence-electron chi connectivity index (χ0n) is 14.1. The molecular weight excluding hydrogens is 316 g/mol. The van der Waals surface area contributed by atoms with Gasteiger partial charge in [-0.3, -0.25) is 4.79 Å². The Kier molecular flexibility index (Phi) is 5.26. The number of thiazole rings is 1. The highest BCUT2D eigenvalue weighted by Gasteiger charge is 2.11. The molecular formula is C20H22N2OS. The molecule has 3 rings (SSSR count). The molecule has 0 bridgehead atoms. The van der Waals surface area contributed by atoms with Crippen molar-refractivity contribution in [3.05, 3.63) is 64.7 Å². The lowest BCUT2D eigenvalue weighted by Gasteiger charge is -2.16. The van der Waals surface area contributed by atoms with Gasteiger partial charge in [-0.2, -0.15) is 0 Å². The van der Waals surface area contributed by atoms with Crippen molar-refractivity contribution in [3.8, 4) is 0 Å². The largest absolute Gasteiger partial charge is 0.350 e. The number of rotatable bonds is 6. The average Bonchev–Trinajstić information content (AvgIpc) is 2.97. The third-order valence-electron chi connectivity index (χ3n) is 4.17. The lowest BCUT2D eigenvalue weighted by atomic mass is 10.0. The molecule has 1 aromatic heterocycles. The van der Waals surface area contributed by atoms with Crippen LogP contribution >= 0.6 is 11.3 Å². The van der Waals surface area contributed by atoms with Gasteiger partial charge in [0.25, 0.3) is 0 Å². The third kappa shape index (κ3) is 4.01. The van der Waals surface area contributed by atoms with Gasteiger partial charge in [0.15, 0.2) is 0 Å². The van der Waals surface area contributed by atoms with Crippen LogP contribution in [0.15, 0.2) is 48.5 Å². The fourth-order valence-corrected chi connectivity index (χ4v) is 3.90. The highest BCUT2D eigenvalue weighted by Crippen LogP contribution is 2.23. The van der Waals surface area contributed by atoms with Crippen LogP contribution in [0.2, 0.25) is 0 Å². The molecule has 0 spiro atoms. The minimum atomic E-state index is 0.0427. The van der Waals surface area contributed by atoms with Crippen LogP contribution in [0.1, 0.15) is 41.9 Å². The second-order valence-corrected chi connectivity index (χ2v) is 7.19. The van der Waals surface area contributed by atoms with Crippen LogP contribution in [-0.4, -0.2) is 10.9 Å². The Balaban J connectivity index is 1.49. The van der Waals surface area contributed by atoms with Gasteiger partial charge in [-0.05, 0) is 49.9 Å². The zero-order chi connectivity index (χ0) is 16.9. The van der Waals surface area contributed by atoms with Crippen LogP contribution in [0.3, 0.4) is 0 Å². The van der Waals surface area contributed by atoms with Gasteiger partial charge < -0.3 is 5.32 Å². The molecule has 1 unspecified atom stereocenters. The number of hydrogen-bond acceptors (Lipinski definition) is 3. The van der Waals surface area contributed by atoms with Gasteiger partial charge in [0.05, 0.1) is 21.3 Å². The molecule has 1 N–H and O–H groups in total. The molecule has 0 saturated carbocycles. The molecule has 0 radical (unpaired) electrons. The van der Waals surface area contributed by atoms with E-state index in [1.807, 2.05) is 37.3 Å². The van der Waals surface area contributed by atoms with Crippen molar-refractivity contribution in [2.45, 2.75) is 39.2 Å². The summed E-state index contributed by atoms with van der Waals surface area (Å²) in [6.45, 7) is 4.11. The predicted molar refractivity (Wildman–Crippen MR) is 100 cm³/mol. The van der Waals surface area contributed by atoms with Crippen molar-refractivity contribution in [3.63, 3.8) is 0 Å². The topological polar surface area (TPSA) is 42.0 Å². The van der Waals surface area contributed by atoms with Crippen molar-refractivity contribution in [1.82, 2.24) is 10.3 Å². The Labute approximate surface area is 146 Å². The Bertz CT molecular complexity index is 807. The van der Waals surface area contributed by atoms with Gasteiger partial charge in [0, 0.05) is 6.42 Å². The molecule has 0 aliphatic carbocycles. The number of nitrogens with one attached hydrogen (secondary N) is 1. The summed E-state index contributed by atoms with van der Waals surface area (Å²) < 4.78 is 1.21. The van der Waals surface area contributed by atoms with E-state index in [0.717, 1.165) is 23.4 Å². The fourth-order valence-electron chi connectivity index (χ4n) is 2.89. The number of para-hydroxylation sites is 1. The van der Waals surface area contributed by atoms with Crippen LogP contribution in [0, 0.1) is 6.92 Å². The summed E-state index contributed by atoms with van der Waals surface area (Å²) in [5.41, 5.74) is 3.44. The number of nitrogens with zero attached hydrogens (tertiary/aromatic N) is 1. The van der Waals surface area contributed by atoms with Crippen LogP contribution in [-0.2, 0) is 11.2 Å². The SMILES string of the molecule is Cc1ccccc1C(C)NC(=O)CCCc1nc2ccccc2s1. The van der Waals surface area contributed by atoms with Crippen LogP contribution in [0.5, 0.6) is 0 Å². The summed E-state index contributed by atoms with van der Waals surface area (Å²) in [7, 11) is 0. The normalized spacial score (nSPS) is 12.2. The number of amides is 1. The van der Waals surface area contributed by atoms with Crippen LogP contribution in [0.25, 0.3) is 10.2 Å². The van der Waals surface area contributed by atoms with Crippen molar-refractivity contribution in [2.24, 2.45) is 0 Å². The molecule has 0 saturated heterocycles. The van der Waals surface area contributed by atoms with Crippen molar-refractivity contribution < 1.29 is 4.79 Å². The van der Waals surface area contributed by atoms with E-state index in [-0.39, 0.29) is 11.9 Å². The van der Waals surface area contributed by atoms with E-state index in [9.17, 15) is 4.79 Å². The summed E-state index contributed by atoms with van der Waals surface area (Å²) in [5.74, 6) is 0.104. The molecule has 4 heteroatoms. The van der Waals surface area contributed by atoms with Gasteiger partial charge in [-0.25, -0.2) is 4.98 Å².